The number of fused-ring (bicyclic) bond motifs is 4. The van der Waals surface area contributed by atoms with Crippen LogP contribution in [-0.2, 0) is 16.6 Å². The third kappa shape index (κ3) is 4.35. The summed E-state index contributed by atoms with van der Waals surface area (Å²) in [5.74, 6) is 0.217. The van der Waals surface area contributed by atoms with Gasteiger partial charge >= 0.3 is 5.97 Å². The van der Waals surface area contributed by atoms with Crippen molar-refractivity contribution in [2.75, 3.05) is 6.61 Å². The summed E-state index contributed by atoms with van der Waals surface area (Å²) in [6.45, 7) is 4.49. The number of carbonyl (C=O) groups is 2. The van der Waals surface area contributed by atoms with E-state index in [2.05, 4.69) is 24.4 Å². The van der Waals surface area contributed by atoms with Crippen LogP contribution in [-0.4, -0.2) is 33.8 Å². The second kappa shape index (κ2) is 9.14. The average Bonchev–Trinajstić information content (AvgIpc) is 3.22. The maximum absolute atomic E-state index is 13.2. The molecule has 6 heteroatoms. The molecule has 0 spiro atoms. The number of ether oxygens (including phenoxy) is 1. The minimum absolute atomic E-state index is 0.00333. The maximum atomic E-state index is 13.2. The van der Waals surface area contributed by atoms with E-state index in [0.717, 1.165) is 60.7 Å². The second-order valence-electron chi connectivity index (χ2n) is 10.6. The predicted octanol–water partition coefficient (Wildman–Crippen LogP) is 5.65. The van der Waals surface area contributed by atoms with Crippen LogP contribution in [0.5, 0.6) is 0 Å². The summed E-state index contributed by atoms with van der Waals surface area (Å²) in [5.41, 5.74) is 3.78. The molecular formula is C29H35N3O3. The second-order valence-corrected chi connectivity index (χ2v) is 10.6. The van der Waals surface area contributed by atoms with Crippen LogP contribution in [0.1, 0.15) is 69.2 Å². The van der Waals surface area contributed by atoms with Crippen LogP contribution in [0.2, 0.25) is 0 Å². The molecule has 3 saturated carbocycles. The summed E-state index contributed by atoms with van der Waals surface area (Å²) in [5, 5.41) is 9.20. The first-order chi connectivity index (χ1) is 16.8. The standard InChI is InChI=1S/C29H35N3O3/c1-4-35-25(33)19-20(2)28-13-16-29(17-14-28,18-15-28)30-27(34)22-11-9-21(10-12-22)26-23-7-5-6-8-24(23)32(3)31-26/h5-12,20H,4,13-19H2,1-3H3,(H,30,34). The van der Waals surface area contributed by atoms with E-state index < -0.39 is 0 Å². The fourth-order valence-electron chi connectivity index (χ4n) is 6.35. The lowest BCUT2D eigenvalue weighted by Gasteiger charge is -2.56. The largest absolute Gasteiger partial charge is 0.466 e. The van der Waals surface area contributed by atoms with Crippen molar-refractivity contribution in [3.63, 3.8) is 0 Å². The molecule has 3 fully saturated rings. The van der Waals surface area contributed by atoms with Gasteiger partial charge in [0, 0.05) is 35.5 Å². The zero-order valence-corrected chi connectivity index (χ0v) is 21.0. The SMILES string of the molecule is CCOC(=O)CC(C)C12CCC(NC(=O)c3ccc(-c4nn(C)c5ccccc45)cc3)(CC1)CC2. The third-order valence-electron chi connectivity index (χ3n) is 8.68. The van der Waals surface area contributed by atoms with Gasteiger partial charge in [-0.3, -0.25) is 14.3 Å². The van der Waals surface area contributed by atoms with Gasteiger partial charge in [0.2, 0.25) is 0 Å². The minimum atomic E-state index is -0.127. The number of hydrogen-bond donors (Lipinski definition) is 1. The highest BCUT2D eigenvalue weighted by Gasteiger charge is 2.51. The van der Waals surface area contributed by atoms with E-state index in [1.165, 1.54) is 0 Å². The van der Waals surface area contributed by atoms with Crippen molar-refractivity contribution in [1.29, 1.82) is 0 Å². The van der Waals surface area contributed by atoms with E-state index in [1.54, 1.807) is 0 Å². The number of nitrogens with zero attached hydrogens (tertiary/aromatic N) is 2. The highest BCUT2D eigenvalue weighted by molar-refractivity contribution is 5.97. The lowest BCUT2D eigenvalue weighted by atomic mass is 9.53. The highest BCUT2D eigenvalue weighted by atomic mass is 16.5. The van der Waals surface area contributed by atoms with Crippen LogP contribution >= 0.6 is 0 Å². The molecule has 0 aliphatic heterocycles. The number of hydrogen-bond acceptors (Lipinski definition) is 4. The van der Waals surface area contributed by atoms with Crippen molar-refractivity contribution >= 4 is 22.8 Å². The smallest absolute Gasteiger partial charge is 0.306 e. The molecule has 1 amide bonds. The molecule has 2 aromatic carbocycles. The van der Waals surface area contributed by atoms with Crippen LogP contribution in [0, 0.1) is 11.3 Å². The Labute approximate surface area is 207 Å². The Bertz CT molecular complexity index is 1220. The Kier molecular flexibility index (Phi) is 6.16. The van der Waals surface area contributed by atoms with E-state index in [4.69, 9.17) is 9.84 Å². The van der Waals surface area contributed by atoms with Crippen molar-refractivity contribution in [1.82, 2.24) is 15.1 Å². The molecule has 0 radical (unpaired) electrons. The van der Waals surface area contributed by atoms with Crippen LogP contribution < -0.4 is 5.32 Å². The molecule has 1 unspecified atom stereocenters. The van der Waals surface area contributed by atoms with E-state index in [1.807, 2.05) is 55.1 Å². The normalized spacial score (nSPS) is 24.3. The van der Waals surface area contributed by atoms with E-state index in [9.17, 15) is 9.59 Å². The van der Waals surface area contributed by atoms with Gasteiger partial charge in [0.1, 0.15) is 5.69 Å². The Balaban J connectivity index is 1.24. The zero-order chi connectivity index (χ0) is 24.6. The molecule has 0 saturated heterocycles. The molecule has 3 aliphatic rings. The number of aryl methyl sites for hydroxylation is 1. The van der Waals surface area contributed by atoms with Gasteiger partial charge < -0.3 is 10.1 Å². The van der Waals surface area contributed by atoms with Crippen LogP contribution in [0.25, 0.3) is 22.2 Å². The van der Waals surface area contributed by atoms with Crippen LogP contribution in [0.15, 0.2) is 48.5 Å². The fourth-order valence-corrected chi connectivity index (χ4v) is 6.35. The molecule has 1 atom stereocenters. The van der Waals surface area contributed by atoms with Crippen LogP contribution in [0.4, 0.5) is 0 Å². The molecule has 1 aromatic heterocycles. The molecule has 184 valence electrons. The monoisotopic (exact) mass is 473 g/mol. The Morgan fingerprint density at radius 1 is 1.03 bits per heavy atom. The lowest BCUT2D eigenvalue weighted by molar-refractivity contribution is -0.146. The molecule has 3 aromatic rings. The first-order valence-corrected chi connectivity index (χ1v) is 12.9. The third-order valence-corrected chi connectivity index (χ3v) is 8.68. The fraction of sp³-hybridized carbons (Fsp3) is 0.483. The first kappa shape index (κ1) is 23.6. The number of benzene rings is 2. The van der Waals surface area contributed by atoms with Crippen LogP contribution in [0.3, 0.4) is 0 Å². The number of esters is 1. The highest BCUT2D eigenvalue weighted by Crippen LogP contribution is 2.56. The van der Waals surface area contributed by atoms with E-state index in [0.29, 0.717) is 24.5 Å². The first-order valence-electron chi connectivity index (χ1n) is 12.9. The summed E-state index contributed by atoms with van der Waals surface area (Å²) >= 11 is 0. The van der Waals surface area contributed by atoms with Gasteiger partial charge in [-0.05, 0) is 75.0 Å². The van der Waals surface area contributed by atoms with Crippen molar-refractivity contribution in [3.8, 4) is 11.3 Å². The van der Waals surface area contributed by atoms with Gasteiger partial charge in [-0.25, -0.2) is 0 Å². The van der Waals surface area contributed by atoms with Gasteiger partial charge in [-0.2, -0.15) is 5.10 Å². The van der Waals surface area contributed by atoms with Crippen molar-refractivity contribution in [3.05, 3.63) is 54.1 Å². The molecule has 6 rings (SSSR count). The average molecular weight is 474 g/mol. The Morgan fingerprint density at radius 3 is 2.34 bits per heavy atom. The molecule has 2 bridgehead atoms. The van der Waals surface area contributed by atoms with E-state index >= 15 is 0 Å². The van der Waals surface area contributed by atoms with Gasteiger partial charge in [0.05, 0.1) is 12.1 Å². The summed E-state index contributed by atoms with van der Waals surface area (Å²) < 4.78 is 7.08. The lowest BCUT2D eigenvalue weighted by Crippen LogP contribution is -2.58. The Hall–Kier alpha value is -3.15. The van der Waals surface area contributed by atoms with Gasteiger partial charge in [0.15, 0.2) is 0 Å². The molecule has 35 heavy (non-hydrogen) atoms. The number of para-hydroxylation sites is 1. The molecule has 1 heterocycles. The quantitative estimate of drug-likeness (QED) is 0.450. The van der Waals surface area contributed by atoms with Crippen molar-refractivity contribution in [2.45, 2.75) is 64.3 Å². The summed E-state index contributed by atoms with van der Waals surface area (Å²) in [6.07, 6.45) is 6.58. The number of rotatable bonds is 7. The molecule has 3 aliphatic carbocycles. The minimum Gasteiger partial charge on any atom is -0.466 e. The van der Waals surface area contributed by atoms with E-state index in [-0.39, 0.29) is 22.8 Å². The van der Waals surface area contributed by atoms with Crippen molar-refractivity contribution < 1.29 is 14.3 Å². The van der Waals surface area contributed by atoms with Gasteiger partial charge in [0.25, 0.3) is 5.91 Å². The zero-order valence-electron chi connectivity index (χ0n) is 21.0. The number of nitrogens with one attached hydrogen (secondary N) is 1. The molecule has 1 N–H and O–H groups in total. The summed E-state index contributed by atoms with van der Waals surface area (Å²) in [6, 6.07) is 16.0. The summed E-state index contributed by atoms with van der Waals surface area (Å²) in [4.78, 5) is 25.2. The predicted molar refractivity (Wildman–Crippen MR) is 137 cm³/mol. The number of aromatic nitrogens is 2. The topological polar surface area (TPSA) is 73.2 Å². The van der Waals surface area contributed by atoms with Gasteiger partial charge in [-0.1, -0.05) is 37.3 Å². The molecule has 6 nitrogen and oxygen atoms in total. The maximum Gasteiger partial charge on any atom is 0.306 e. The molecular weight excluding hydrogens is 438 g/mol. The van der Waals surface area contributed by atoms with Crippen molar-refractivity contribution in [2.24, 2.45) is 18.4 Å². The Morgan fingerprint density at radius 2 is 1.69 bits per heavy atom. The number of amides is 1. The van der Waals surface area contributed by atoms with Gasteiger partial charge in [-0.15, -0.1) is 0 Å². The number of carbonyl (C=O) groups excluding carboxylic acids is 2. The summed E-state index contributed by atoms with van der Waals surface area (Å²) in [7, 11) is 1.95.